The molecule has 1 aromatic carbocycles. The fourth-order valence-electron chi connectivity index (χ4n) is 2.47. The van der Waals surface area contributed by atoms with Gasteiger partial charge >= 0.3 is 5.97 Å². The Labute approximate surface area is 150 Å². The van der Waals surface area contributed by atoms with Crippen LogP contribution in [-0.2, 0) is 11.3 Å². The largest absolute Gasteiger partial charge is 0.489 e. The molecule has 0 radical (unpaired) electrons. The van der Waals surface area contributed by atoms with E-state index in [4.69, 9.17) is 20.5 Å². The van der Waals surface area contributed by atoms with Gasteiger partial charge in [0, 0.05) is 24.3 Å². The Morgan fingerprint density at radius 3 is 2.54 bits per heavy atom. The molecule has 2 aromatic heterocycles. The van der Waals surface area contributed by atoms with E-state index in [0.717, 1.165) is 5.56 Å². The number of carbonyl (C=O) groups is 1. The smallest absolute Gasteiger partial charge is 0.357 e. The first kappa shape index (κ1) is 17.0. The number of nitriles is 1. The number of anilines is 1. The molecule has 0 aliphatic heterocycles. The van der Waals surface area contributed by atoms with Crippen molar-refractivity contribution in [2.45, 2.75) is 6.61 Å². The van der Waals surface area contributed by atoms with Crippen LogP contribution in [0.3, 0.4) is 0 Å². The lowest BCUT2D eigenvalue weighted by Gasteiger charge is -2.10. The molecule has 7 nitrogen and oxygen atoms in total. The summed E-state index contributed by atoms with van der Waals surface area (Å²) in [7, 11) is 1.27. The molecule has 130 valence electrons. The molecule has 0 aliphatic rings. The fourth-order valence-corrected chi connectivity index (χ4v) is 2.47. The molecule has 2 heterocycles. The van der Waals surface area contributed by atoms with Crippen LogP contribution >= 0.6 is 0 Å². The lowest BCUT2D eigenvalue weighted by Crippen LogP contribution is -2.11. The highest BCUT2D eigenvalue weighted by atomic mass is 16.5. The number of benzene rings is 1. The van der Waals surface area contributed by atoms with E-state index in [2.05, 4.69) is 4.98 Å². The number of rotatable bonds is 5. The van der Waals surface area contributed by atoms with Gasteiger partial charge in [-0.1, -0.05) is 0 Å². The summed E-state index contributed by atoms with van der Waals surface area (Å²) < 4.78 is 12.0. The molecular weight excluding hydrogens is 332 g/mol. The summed E-state index contributed by atoms with van der Waals surface area (Å²) in [6, 6.07) is 12.8. The Morgan fingerprint density at radius 1 is 1.23 bits per heavy atom. The number of ether oxygens (including phenoxy) is 2. The molecule has 3 rings (SSSR count). The van der Waals surface area contributed by atoms with E-state index in [0.29, 0.717) is 18.0 Å². The minimum absolute atomic E-state index is 0.0948. The fraction of sp³-hybridized carbons (Fsp3) is 0.105. The quantitative estimate of drug-likeness (QED) is 0.711. The van der Waals surface area contributed by atoms with Gasteiger partial charge in [-0.05, 0) is 42.0 Å². The van der Waals surface area contributed by atoms with Gasteiger partial charge < -0.3 is 19.8 Å². The highest BCUT2D eigenvalue weighted by molar-refractivity contribution is 5.95. The van der Waals surface area contributed by atoms with Gasteiger partial charge in [-0.2, -0.15) is 5.26 Å². The van der Waals surface area contributed by atoms with Crippen LogP contribution in [0.1, 0.15) is 21.6 Å². The predicted octanol–water partition coefficient (Wildman–Crippen LogP) is 2.69. The number of nitrogens with two attached hydrogens (primary N) is 1. The standard InChI is InChI=1S/C19H16N4O3/c1-25-19(24)18-17(21)14(10-20)11-23(18)15-2-4-16(5-3-15)26-12-13-6-8-22-9-7-13/h2-9,11H,12,21H2,1H3. The number of pyridine rings is 1. The molecule has 0 bridgehead atoms. The topological polar surface area (TPSA) is 103 Å². The molecular formula is C19H16N4O3. The van der Waals surface area contributed by atoms with Crippen LogP contribution < -0.4 is 10.5 Å². The van der Waals surface area contributed by atoms with Crippen molar-refractivity contribution in [3.05, 3.63) is 71.8 Å². The molecule has 0 aliphatic carbocycles. The number of esters is 1. The van der Waals surface area contributed by atoms with Gasteiger partial charge in [0.2, 0.25) is 0 Å². The van der Waals surface area contributed by atoms with Crippen LogP contribution in [0, 0.1) is 11.3 Å². The minimum atomic E-state index is -0.609. The molecule has 0 amide bonds. The first-order valence-electron chi connectivity index (χ1n) is 7.75. The number of hydrogen-bond acceptors (Lipinski definition) is 6. The van der Waals surface area contributed by atoms with E-state index in [1.165, 1.54) is 17.9 Å². The highest BCUT2D eigenvalue weighted by Crippen LogP contribution is 2.26. The van der Waals surface area contributed by atoms with Crippen LogP contribution in [-0.4, -0.2) is 22.6 Å². The van der Waals surface area contributed by atoms with Gasteiger partial charge in [-0.25, -0.2) is 4.79 Å². The maximum Gasteiger partial charge on any atom is 0.357 e. The Morgan fingerprint density at radius 2 is 1.92 bits per heavy atom. The van der Waals surface area contributed by atoms with Gasteiger partial charge in [-0.15, -0.1) is 0 Å². The molecule has 0 saturated heterocycles. The van der Waals surface area contributed by atoms with Gasteiger partial charge in [-0.3, -0.25) is 4.98 Å². The monoisotopic (exact) mass is 348 g/mol. The summed E-state index contributed by atoms with van der Waals surface area (Å²) in [5.74, 6) is 0.0628. The molecule has 3 aromatic rings. The van der Waals surface area contributed by atoms with Crippen molar-refractivity contribution in [3.8, 4) is 17.5 Å². The van der Waals surface area contributed by atoms with Crippen LogP contribution in [0.5, 0.6) is 5.75 Å². The Hall–Kier alpha value is -3.79. The number of hydrogen-bond donors (Lipinski definition) is 1. The number of methoxy groups -OCH3 is 1. The van der Waals surface area contributed by atoms with Gasteiger partial charge in [0.25, 0.3) is 0 Å². The van der Waals surface area contributed by atoms with E-state index < -0.39 is 5.97 Å². The molecule has 2 N–H and O–H groups in total. The normalized spacial score (nSPS) is 10.2. The molecule has 0 saturated carbocycles. The van der Waals surface area contributed by atoms with E-state index >= 15 is 0 Å². The van der Waals surface area contributed by atoms with Crippen molar-refractivity contribution in [1.82, 2.24) is 9.55 Å². The van der Waals surface area contributed by atoms with Crippen molar-refractivity contribution >= 4 is 11.7 Å². The molecule has 7 heteroatoms. The van der Waals surface area contributed by atoms with Crippen LogP contribution in [0.15, 0.2) is 55.0 Å². The van der Waals surface area contributed by atoms with E-state index in [1.807, 2.05) is 18.2 Å². The van der Waals surface area contributed by atoms with Crippen LogP contribution in [0.25, 0.3) is 5.69 Å². The first-order chi connectivity index (χ1) is 12.6. The molecule has 0 unspecified atom stereocenters. The van der Waals surface area contributed by atoms with Gasteiger partial charge in [0.15, 0.2) is 5.69 Å². The number of aromatic nitrogens is 2. The lowest BCUT2D eigenvalue weighted by atomic mass is 10.2. The second kappa shape index (κ2) is 7.40. The third-order valence-corrected chi connectivity index (χ3v) is 3.81. The van der Waals surface area contributed by atoms with Crippen LogP contribution in [0.4, 0.5) is 5.69 Å². The Bertz CT molecular complexity index is 957. The average Bonchev–Trinajstić information content (AvgIpc) is 3.03. The van der Waals surface area contributed by atoms with Crippen LogP contribution in [0.2, 0.25) is 0 Å². The lowest BCUT2D eigenvalue weighted by molar-refractivity contribution is 0.0593. The Kier molecular flexibility index (Phi) is 4.85. The summed E-state index contributed by atoms with van der Waals surface area (Å²) in [6.45, 7) is 0.421. The minimum Gasteiger partial charge on any atom is -0.489 e. The van der Waals surface area contributed by atoms with Crippen molar-refractivity contribution in [3.63, 3.8) is 0 Å². The number of nitrogen functional groups attached to an aromatic ring is 1. The zero-order valence-corrected chi connectivity index (χ0v) is 14.0. The van der Waals surface area contributed by atoms with Gasteiger partial charge in [0.1, 0.15) is 18.4 Å². The van der Waals surface area contributed by atoms with E-state index in [9.17, 15) is 4.79 Å². The molecule has 0 fully saturated rings. The summed E-state index contributed by atoms with van der Waals surface area (Å²) in [5.41, 5.74) is 7.99. The third kappa shape index (κ3) is 3.35. The average molecular weight is 348 g/mol. The van der Waals surface area contributed by atoms with Crippen molar-refractivity contribution < 1.29 is 14.3 Å². The molecule has 26 heavy (non-hydrogen) atoms. The SMILES string of the molecule is COC(=O)c1c(N)c(C#N)cn1-c1ccc(OCc2ccncc2)cc1. The summed E-state index contributed by atoms with van der Waals surface area (Å²) >= 11 is 0. The molecule has 0 atom stereocenters. The van der Waals surface area contributed by atoms with E-state index in [1.54, 1.807) is 36.7 Å². The zero-order chi connectivity index (χ0) is 18.5. The second-order valence-corrected chi connectivity index (χ2v) is 5.42. The van der Waals surface area contributed by atoms with Crippen molar-refractivity contribution in [2.24, 2.45) is 0 Å². The second-order valence-electron chi connectivity index (χ2n) is 5.42. The molecule has 0 spiro atoms. The summed E-state index contributed by atoms with van der Waals surface area (Å²) in [5, 5.41) is 9.16. The summed E-state index contributed by atoms with van der Waals surface area (Å²) in [4.78, 5) is 16.0. The zero-order valence-electron chi connectivity index (χ0n) is 14.0. The van der Waals surface area contributed by atoms with Crippen molar-refractivity contribution in [1.29, 1.82) is 5.26 Å². The van der Waals surface area contributed by atoms with E-state index in [-0.39, 0.29) is 16.9 Å². The number of nitrogens with zero attached hydrogens (tertiary/aromatic N) is 3. The summed E-state index contributed by atoms with van der Waals surface area (Å²) in [6.07, 6.45) is 4.92. The maximum absolute atomic E-state index is 12.0. The third-order valence-electron chi connectivity index (χ3n) is 3.81. The van der Waals surface area contributed by atoms with Gasteiger partial charge in [0.05, 0.1) is 18.4 Å². The first-order valence-corrected chi connectivity index (χ1v) is 7.75. The highest BCUT2D eigenvalue weighted by Gasteiger charge is 2.21. The predicted molar refractivity (Wildman–Crippen MR) is 94.8 cm³/mol. The number of carbonyl (C=O) groups excluding carboxylic acids is 1. The Balaban J connectivity index is 1.85. The van der Waals surface area contributed by atoms with Crippen molar-refractivity contribution in [2.75, 3.05) is 12.8 Å². The maximum atomic E-state index is 12.0.